The fraction of sp³-hybridized carbons (Fsp3) is 0. The van der Waals surface area contributed by atoms with Crippen LogP contribution < -0.4 is 16.0 Å². The number of esters is 1. The van der Waals surface area contributed by atoms with Crippen molar-refractivity contribution in [1.82, 2.24) is 5.43 Å². The van der Waals surface area contributed by atoms with Gasteiger partial charge in [-0.15, -0.1) is 0 Å². The molecule has 1 amide bonds. The molecule has 2 rings (SSSR count). The van der Waals surface area contributed by atoms with Crippen LogP contribution in [0.25, 0.3) is 0 Å². The number of rotatable bonds is 3. The zero-order valence-corrected chi connectivity index (χ0v) is 10.00. The molecule has 19 heavy (non-hydrogen) atoms. The first-order valence-electron chi connectivity index (χ1n) is 5.59. The van der Waals surface area contributed by atoms with Gasteiger partial charge in [0.15, 0.2) is 0 Å². The average Bonchev–Trinajstić information content (AvgIpc) is 2.48. The van der Waals surface area contributed by atoms with Gasteiger partial charge in [-0.3, -0.25) is 10.2 Å². The van der Waals surface area contributed by atoms with Crippen LogP contribution in [0.3, 0.4) is 0 Å². The minimum absolute atomic E-state index is 0.166. The predicted molar refractivity (Wildman–Crippen MR) is 69.5 cm³/mol. The summed E-state index contributed by atoms with van der Waals surface area (Å²) >= 11 is 0. The third-order valence-electron chi connectivity index (χ3n) is 2.47. The topological polar surface area (TPSA) is 81.4 Å². The number of carbonyl (C=O) groups is 2. The SMILES string of the molecule is NNC(=O)c1ccccc1OC(=O)c1ccccc1. The van der Waals surface area contributed by atoms with Crippen LogP contribution in [0.4, 0.5) is 0 Å². The lowest BCUT2D eigenvalue weighted by molar-refractivity contribution is 0.0732. The Morgan fingerprint density at radius 2 is 1.58 bits per heavy atom. The molecule has 2 aromatic rings. The van der Waals surface area contributed by atoms with E-state index >= 15 is 0 Å². The third kappa shape index (κ3) is 2.97. The average molecular weight is 256 g/mol. The summed E-state index contributed by atoms with van der Waals surface area (Å²) < 4.78 is 5.20. The summed E-state index contributed by atoms with van der Waals surface area (Å²) in [6, 6.07) is 14.9. The maximum atomic E-state index is 11.9. The number of hydrazine groups is 1. The Morgan fingerprint density at radius 1 is 0.947 bits per heavy atom. The Labute approximate surface area is 110 Å². The van der Waals surface area contributed by atoms with Gasteiger partial charge >= 0.3 is 5.97 Å². The van der Waals surface area contributed by atoms with E-state index in [1.165, 1.54) is 12.1 Å². The molecule has 0 aliphatic carbocycles. The van der Waals surface area contributed by atoms with E-state index in [2.05, 4.69) is 0 Å². The van der Waals surface area contributed by atoms with Crippen molar-refractivity contribution in [3.8, 4) is 5.75 Å². The van der Waals surface area contributed by atoms with Crippen molar-refractivity contribution < 1.29 is 14.3 Å². The fourth-order valence-electron chi connectivity index (χ4n) is 1.55. The molecular weight excluding hydrogens is 244 g/mol. The quantitative estimate of drug-likeness (QED) is 0.287. The summed E-state index contributed by atoms with van der Waals surface area (Å²) in [7, 11) is 0. The molecule has 0 radical (unpaired) electrons. The second-order valence-electron chi connectivity index (χ2n) is 3.73. The first-order chi connectivity index (χ1) is 9.22. The Bertz CT molecular complexity index is 597. The number of benzene rings is 2. The number of carbonyl (C=O) groups excluding carboxylic acids is 2. The molecular formula is C14H12N2O3. The highest BCUT2D eigenvalue weighted by Crippen LogP contribution is 2.19. The summed E-state index contributed by atoms with van der Waals surface area (Å²) in [5, 5.41) is 0. The van der Waals surface area contributed by atoms with E-state index in [9.17, 15) is 9.59 Å². The number of para-hydroxylation sites is 1. The molecule has 0 aliphatic heterocycles. The summed E-state index contributed by atoms with van der Waals surface area (Å²) in [5.41, 5.74) is 2.62. The van der Waals surface area contributed by atoms with Crippen molar-refractivity contribution in [3.63, 3.8) is 0 Å². The first-order valence-corrected chi connectivity index (χ1v) is 5.59. The van der Waals surface area contributed by atoms with Gasteiger partial charge in [0.2, 0.25) is 0 Å². The van der Waals surface area contributed by atoms with Crippen LogP contribution in [0.15, 0.2) is 54.6 Å². The smallest absolute Gasteiger partial charge is 0.343 e. The molecule has 0 fully saturated rings. The lowest BCUT2D eigenvalue weighted by atomic mass is 10.2. The minimum Gasteiger partial charge on any atom is -0.422 e. The molecule has 0 heterocycles. The highest BCUT2D eigenvalue weighted by atomic mass is 16.5. The molecule has 0 saturated heterocycles. The molecule has 2 aromatic carbocycles. The number of ether oxygens (including phenoxy) is 1. The second kappa shape index (κ2) is 5.79. The molecule has 0 unspecified atom stereocenters. The van der Waals surface area contributed by atoms with E-state index in [-0.39, 0.29) is 11.3 Å². The lowest BCUT2D eigenvalue weighted by Gasteiger charge is -2.08. The molecule has 5 nitrogen and oxygen atoms in total. The van der Waals surface area contributed by atoms with E-state index in [1.54, 1.807) is 42.5 Å². The van der Waals surface area contributed by atoms with Crippen LogP contribution in [0, 0.1) is 0 Å². The van der Waals surface area contributed by atoms with Crippen LogP contribution in [0.2, 0.25) is 0 Å². The highest BCUT2D eigenvalue weighted by Gasteiger charge is 2.14. The molecule has 96 valence electrons. The van der Waals surface area contributed by atoms with Gasteiger partial charge in [0.05, 0.1) is 11.1 Å². The largest absolute Gasteiger partial charge is 0.422 e. The standard InChI is InChI=1S/C14H12N2O3/c15-16-13(17)11-8-4-5-9-12(11)19-14(18)10-6-2-1-3-7-10/h1-9H,15H2,(H,16,17). The lowest BCUT2D eigenvalue weighted by Crippen LogP contribution is -2.30. The molecule has 0 aromatic heterocycles. The van der Waals surface area contributed by atoms with E-state index in [4.69, 9.17) is 10.6 Å². The van der Waals surface area contributed by atoms with Gasteiger partial charge in [0.25, 0.3) is 5.91 Å². The second-order valence-corrected chi connectivity index (χ2v) is 3.73. The highest BCUT2D eigenvalue weighted by molar-refractivity contribution is 5.98. The van der Waals surface area contributed by atoms with Crippen LogP contribution in [0.5, 0.6) is 5.75 Å². The van der Waals surface area contributed by atoms with Crippen molar-refractivity contribution in [3.05, 3.63) is 65.7 Å². The molecule has 0 bridgehead atoms. The van der Waals surface area contributed by atoms with Gasteiger partial charge in [-0.1, -0.05) is 30.3 Å². The van der Waals surface area contributed by atoms with Crippen LogP contribution in [-0.2, 0) is 0 Å². The van der Waals surface area contributed by atoms with E-state index in [0.717, 1.165) is 0 Å². The Balaban J connectivity index is 2.25. The molecule has 3 N–H and O–H groups in total. The maximum Gasteiger partial charge on any atom is 0.343 e. The van der Waals surface area contributed by atoms with Crippen molar-refractivity contribution in [2.24, 2.45) is 5.84 Å². The number of nitrogens with two attached hydrogens (primary N) is 1. The zero-order valence-electron chi connectivity index (χ0n) is 10.00. The molecule has 0 aliphatic rings. The number of nitrogens with one attached hydrogen (secondary N) is 1. The summed E-state index contributed by atoms with van der Waals surface area (Å²) in [4.78, 5) is 23.4. The number of hydrogen-bond acceptors (Lipinski definition) is 4. The molecule has 0 atom stereocenters. The van der Waals surface area contributed by atoms with E-state index < -0.39 is 11.9 Å². The summed E-state index contributed by atoms with van der Waals surface area (Å²) in [5.74, 6) is 4.19. The Morgan fingerprint density at radius 3 is 2.26 bits per heavy atom. The fourth-order valence-corrected chi connectivity index (χ4v) is 1.55. The van der Waals surface area contributed by atoms with Gasteiger partial charge in [-0.05, 0) is 24.3 Å². The van der Waals surface area contributed by atoms with Crippen molar-refractivity contribution in [2.75, 3.05) is 0 Å². The monoisotopic (exact) mass is 256 g/mol. The van der Waals surface area contributed by atoms with Crippen molar-refractivity contribution >= 4 is 11.9 Å². The summed E-state index contributed by atoms with van der Waals surface area (Å²) in [6.45, 7) is 0. The van der Waals surface area contributed by atoms with E-state index in [0.29, 0.717) is 5.56 Å². The van der Waals surface area contributed by atoms with Gasteiger partial charge < -0.3 is 4.74 Å². The third-order valence-corrected chi connectivity index (χ3v) is 2.47. The van der Waals surface area contributed by atoms with Crippen LogP contribution in [0.1, 0.15) is 20.7 Å². The Hall–Kier alpha value is -2.66. The van der Waals surface area contributed by atoms with E-state index in [1.807, 2.05) is 5.43 Å². The van der Waals surface area contributed by atoms with Crippen molar-refractivity contribution in [2.45, 2.75) is 0 Å². The number of nitrogen functional groups attached to an aromatic ring is 1. The Kier molecular flexibility index (Phi) is 3.90. The molecule has 5 heteroatoms. The predicted octanol–water partition coefficient (Wildman–Crippen LogP) is 1.51. The van der Waals surface area contributed by atoms with Gasteiger partial charge in [-0.25, -0.2) is 10.6 Å². The van der Waals surface area contributed by atoms with Gasteiger partial charge in [-0.2, -0.15) is 0 Å². The molecule has 0 spiro atoms. The van der Waals surface area contributed by atoms with Crippen LogP contribution >= 0.6 is 0 Å². The maximum absolute atomic E-state index is 11.9. The minimum atomic E-state index is -0.530. The number of amides is 1. The van der Waals surface area contributed by atoms with Gasteiger partial charge in [0, 0.05) is 0 Å². The van der Waals surface area contributed by atoms with Crippen molar-refractivity contribution in [1.29, 1.82) is 0 Å². The van der Waals surface area contributed by atoms with Gasteiger partial charge in [0.1, 0.15) is 5.75 Å². The number of hydrogen-bond donors (Lipinski definition) is 2. The zero-order chi connectivity index (χ0) is 13.7. The normalized spacial score (nSPS) is 9.74. The summed E-state index contributed by atoms with van der Waals surface area (Å²) in [6.07, 6.45) is 0. The first kappa shape index (κ1) is 12.8. The molecule has 0 saturated carbocycles. The van der Waals surface area contributed by atoms with Crippen LogP contribution in [-0.4, -0.2) is 11.9 Å².